The molecule has 110 valence electrons. The highest BCUT2D eigenvalue weighted by atomic mass is 35.5. The Kier molecular flexibility index (Phi) is 3.84. The highest BCUT2D eigenvalue weighted by Crippen LogP contribution is 2.32. The minimum absolute atomic E-state index is 0.582. The quantitative estimate of drug-likeness (QED) is 0.910. The van der Waals surface area contributed by atoms with Crippen LogP contribution in [0.5, 0.6) is 0 Å². The van der Waals surface area contributed by atoms with Crippen LogP contribution >= 0.6 is 11.6 Å². The normalized spacial score (nSPS) is 14.5. The summed E-state index contributed by atoms with van der Waals surface area (Å²) in [5, 5.41) is 3.97. The van der Waals surface area contributed by atoms with Gasteiger partial charge in [-0.25, -0.2) is 9.97 Å². The van der Waals surface area contributed by atoms with Gasteiger partial charge in [-0.15, -0.1) is 0 Å². The van der Waals surface area contributed by atoms with Crippen molar-refractivity contribution in [3.63, 3.8) is 0 Å². The summed E-state index contributed by atoms with van der Waals surface area (Å²) in [6, 6.07) is 5.72. The molecule has 0 radical (unpaired) electrons. The van der Waals surface area contributed by atoms with E-state index >= 15 is 0 Å². The van der Waals surface area contributed by atoms with Crippen molar-refractivity contribution in [2.75, 3.05) is 29.0 Å². The summed E-state index contributed by atoms with van der Waals surface area (Å²) in [5.41, 5.74) is 8.69. The number of anilines is 4. The molecule has 2 aromatic rings. The van der Waals surface area contributed by atoms with E-state index in [-0.39, 0.29) is 0 Å². The third kappa shape index (κ3) is 2.74. The first-order chi connectivity index (χ1) is 10.2. The van der Waals surface area contributed by atoms with Crippen molar-refractivity contribution < 1.29 is 0 Å². The first kappa shape index (κ1) is 13.9. The van der Waals surface area contributed by atoms with Gasteiger partial charge in [0.2, 0.25) is 0 Å². The zero-order chi connectivity index (χ0) is 14.8. The summed E-state index contributed by atoms with van der Waals surface area (Å²) in [6.45, 7) is 3.96. The monoisotopic (exact) mass is 303 g/mol. The van der Waals surface area contributed by atoms with Crippen LogP contribution in [-0.2, 0) is 0 Å². The van der Waals surface area contributed by atoms with Gasteiger partial charge in [0.25, 0.3) is 0 Å². The molecule has 3 N–H and O–H groups in total. The third-order valence-corrected chi connectivity index (χ3v) is 4.20. The molecule has 5 nitrogen and oxygen atoms in total. The van der Waals surface area contributed by atoms with Crippen LogP contribution in [0.1, 0.15) is 18.4 Å². The van der Waals surface area contributed by atoms with Crippen LogP contribution in [0.2, 0.25) is 5.02 Å². The highest BCUT2D eigenvalue weighted by molar-refractivity contribution is 6.31. The van der Waals surface area contributed by atoms with Gasteiger partial charge in [0.15, 0.2) is 11.6 Å². The van der Waals surface area contributed by atoms with E-state index in [0.29, 0.717) is 16.5 Å². The maximum absolute atomic E-state index is 6.24. The van der Waals surface area contributed by atoms with Crippen molar-refractivity contribution in [3.05, 3.63) is 35.1 Å². The fraction of sp³-hybridized carbons (Fsp3) is 0.333. The number of aromatic nitrogens is 2. The van der Waals surface area contributed by atoms with E-state index in [0.717, 1.165) is 30.2 Å². The van der Waals surface area contributed by atoms with Crippen LogP contribution in [0, 0.1) is 6.92 Å². The second kappa shape index (κ2) is 5.77. The number of nitrogens with two attached hydrogens (primary N) is 1. The van der Waals surface area contributed by atoms with Gasteiger partial charge in [-0.05, 0) is 37.5 Å². The second-order valence-electron chi connectivity index (χ2n) is 5.19. The Balaban J connectivity index is 1.92. The molecule has 0 spiro atoms. The van der Waals surface area contributed by atoms with Gasteiger partial charge in [0.1, 0.15) is 12.0 Å². The number of nitrogen functional groups attached to an aromatic ring is 1. The number of halogens is 1. The number of benzene rings is 1. The summed E-state index contributed by atoms with van der Waals surface area (Å²) in [4.78, 5) is 10.8. The smallest absolute Gasteiger partial charge is 0.159 e. The van der Waals surface area contributed by atoms with Crippen LogP contribution in [0.4, 0.5) is 23.0 Å². The number of rotatable bonds is 3. The molecule has 1 aliphatic rings. The van der Waals surface area contributed by atoms with Crippen LogP contribution in [-0.4, -0.2) is 23.1 Å². The lowest BCUT2D eigenvalue weighted by molar-refractivity contribution is 0.931. The van der Waals surface area contributed by atoms with Crippen LogP contribution in [0.15, 0.2) is 24.5 Å². The van der Waals surface area contributed by atoms with Gasteiger partial charge in [0.05, 0.1) is 0 Å². The van der Waals surface area contributed by atoms with E-state index < -0.39 is 0 Å². The summed E-state index contributed by atoms with van der Waals surface area (Å²) < 4.78 is 0. The Hall–Kier alpha value is -2.01. The Bertz CT molecular complexity index is 653. The molecule has 0 bridgehead atoms. The molecule has 3 rings (SSSR count). The Morgan fingerprint density at radius 3 is 2.76 bits per heavy atom. The van der Waals surface area contributed by atoms with Crippen molar-refractivity contribution in [2.24, 2.45) is 0 Å². The molecular weight excluding hydrogens is 286 g/mol. The molecular formula is C15H18ClN5. The first-order valence-electron chi connectivity index (χ1n) is 7.04. The largest absolute Gasteiger partial charge is 0.393 e. The predicted octanol–water partition coefficient (Wildman–Crippen LogP) is 3.36. The van der Waals surface area contributed by atoms with Gasteiger partial charge in [-0.1, -0.05) is 17.7 Å². The van der Waals surface area contributed by atoms with Crippen LogP contribution in [0.3, 0.4) is 0 Å². The van der Waals surface area contributed by atoms with E-state index in [1.54, 1.807) is 6.33 Å². The first-order valence-corrected chi connectivity index (χ1v) is 7.42. The SMILES string of the molecule is Cc1c(Cl)cccc1Nc1ncnc(N2CCCC2)c1N. The third-order valence-electron chi connectivity index (χ3n) is 3.79. The fourth-order valence-electron chi connectivity index (χ4n) is 2.54. The molecule has 0 amide bonds. The van der Waals surface area contributed by atoms with Crippen molar-refractivity contribution >= 4 is 34.6 Å². The second-order valence-corrected chi connectivity index (χ2v) is 5.60. The maximum Gasteiger partial charge on any atom is 0.159 e. The van der Waals surface area contributed by atoms with Gasteiger partial charge in [-0.2, -0.15) is 0 Å². The Labute approximate surface area is 129 Å². The lowest BCUT2D eigenvalue weighted by Crippen LogP contribution is -2.21. The van der Waals surface area contributed by atoms with E-state index in [1.807, 2.05) is 25.1 Å². The number of hydrogen-bond acceptors (Lipinski definition) is 5. The maximum atomic E-state index is 6.24. The summed E-state index contributed by atoms with van der Waals surface area (Å²) in [7, 11) is 0. The lowest BCUT2D eigenvalue weighted by atomic mass is 10.2. The Morgan fingerprint density at radius 2 is 2.00 bits per heavy atom. The minimum Gasteiger partial charge on any atom is -0.393 e. The highest BCUT2D eigenvalue weighted by Gasteiger charge is 2.18. The van der Waals surface area contributed by atoms with E-state index in [4.69, 9.17) is 17.3 Å². The molecule has 1 saturated heterocycles. The minimum atomic E-state index is 0.582. The Morgan fingerprint density at radius 1 is 1.24 bits per heavy atom. The molecule has 1 aliphatic heterocycles. The standard InChI is InChI=1S/C15H18ClN5/c1-10-11(16)5-4-6-12(10)20-14-13(17)15(19-9-18-14)21-7-2-3-8-21/h4-6,9H,2-3,7-8,17H2,1H3,(H,18,19,20). The number of hydrogen-bond donors (Lipinski definition) is 2. The van der Waals surface area contributed by atoms with Crippen molar-refractivity contribution in [1.29, 1.82) is 0 Å². The summed E-state index contributed by atoms with van der Waals surface area (Å²) >= 11 is 6.14. The molecule has 0 unspecified atom stereocenters. The molecule has 21 heavy (non-hydrogen) atoms. The van der Waals surface area contributed by atoms with Crippen molar-refractivity contribution in [1.82, 2.24) is 9.97 Å². The number of nitrogens with zero attached hydrogens (tertiary/aromatic N) is 3. The zero-order valence-corrected chi connectivity index (χ0v) is 12.7. The number of nitrogens with one attached hydrogen (secondary N) is 1. The average Bonchev–Trinajstić information content (AvgIpc) is 3.00. The summed E-state index contributed by atoms with van der Waals surface area (Å²) in [5.74, 6) is 1.43. The molecule has 0 aliphatic carbocycles. The van der Waals surface area contributed by atoms with Crippen LogP contribution < -0.4 is 16.0 Å². The molecule has 0 atom stereocenters. The predicted molar refractivity (Wildman–Crippen MR) is 87.4 cm³/mol. The van der Waals surface area contributed by atoms with Crippen molar-refractivity contribution in [2.45, 2.75) is 19.8 Å². The molecule has 2 heterocycles. The average molecular weight is 304 g/mol. The van der Waals surface area contributed by atoms with Gasteiger partial charge in [-0.3, -0.25) is 0 Å². The topological polar surface area (TPSA) is 67.1 Å². The van der Waals surface area contributed by atoms with Gasteiger partial charge < -0.3 is 16.0 Å². The van der Waals surface area contributed by atoms with E-state index in [2.05, 4.69) is 20.2 Å². The molecule has 1 aromatic heterocycles. The molecule has 0 saturated carbocycles. The van der Waals surface area contributed by atoms with E-state index in [9.17, 15) is 0 Å². The van der Waals surface area contributed by atoms with Gasteiger partial charge >= 0.3 is 0 Å². The zero-order valence-electron chi connectivity index (χ0n) is 11.9. The molecule has 1 fully saturated rings. The molecule has 1 aromatic carbocycles. The van der Waals surface area contributed by atoms with Crippen molar-refractivity contribution in [3.8, 4) is 0 Å². The molecule has 6 heteroatoms. The summed E-state index contributed by atoms with van der Waals surface area (Å²) in [6.07, 6.45) is 3.91. The lowest BCUT2D eigenvalue weighted by Gasteiger charge is -2.20. The van der Waals surface area contributed by atoms with E-state index in [1.165, 1.54) is 12.8 Å². The van der Waals surface area contributed by atoms with Gasteiger partial charge in [0, 0.05) is 23.8 Å². The van der Waals surface area contributed by atoms with Crippen LogP contribution in [0.25, 0.3) is 0 Å². The fourth-order valence-corrected chi connectivity index (χ4v) is 2.71.